The number of aromatic hydroxyl groups is 1. The lowest BCUT2D eigenvalue weighted by atomic mass is 10.1. The fraction of sp³-hybridized carbons (Fsp3) is 0.696. The van der Waals surface area contributed by atoms with Crippen molar-refractivity contribution in [1.29, 1.82) is 0 Å². The number of hydrogen-bond acceptors (Lipinski definition) is 5. The SMILES string of the molecule is CCOC(=O)CCCCCCCCCCCOCc1cc(OCC)ccc1O. The van der Waals surface area contributed by atoms with Gasteiger partial charge < -0.3 is 19.3 Å². The Morgan fingerprint density at radius 3 is 2.18 bits per heavy atom. The molecular formula is C23H38O5. The first-order valence-electron chi connectivity index (χ1n) is 10.9. The Labute approximate surface area is 170 Å². The number of phenolic OH excluding ortho intramolecular Hbond substituents is 1. The van der Waals surface area contributed by atoms with Crippen molar-refractivity contribution in [2.45, 2.75) is 84.7 Å². The second kappa shape index (κ2) is 16.2. The summed E-state index contributed by atoms with van der Waals surface area (Å²) >= 11 is 0. The van der Waals surface area contributed by atoms with Crippen molar-refractivity contribution in [2.24, 2.45) is 0 Å². The van der Waals surface area contributed by atoms with Crippen LogP contribution in [-0.2, 0) is 20.9 Å². The van der Waals surface area contributed by atoms with Crippen LogP contribution >= 0.6 is 0 Å². The van der Waals surface area contributed by atoms with Crippen molar-refractivity contribution >= 4 is 5.97 Å². The molecule has 0 unspecified atom stereocenters. The smallest absolute Gasteiger partial charge is 0.305 e. The lowest BCUT2D eigenvalue weighted by Gasteiger charge is -2.09. The minimum atomic E-state index is -0.0677. The number of carbonyl (C=O) groups is 1. The van der Waals surface area contributed by atoms with Crippen molar-refractivity contribution < 1.29 is 24.1 Å². The van der Waals surface area contributed by atoms with E-state index in [0.29, 0.717) is 32.8 Å². The van der Waals surface area contributed by atoms with E-state index in [4.69, 9.17) is 14.2 Å². The molecule has 1 aromatic rings. The van der Waals surface area contributed by atoms with Gasteiger partial charge in [0.2, 0.25) is 0 Å². The fourth-order valence-electron chi connectivity index (χ4n) is 3.06. The second-order valence-electron chi connectivity index (χ2n) is 7.01. The number of phenols is 1. The molecule has 0 aliphatic heterocycles. The van der Waals surface area contributed by atoms with Gasteiger partial charge in [0.25, 0.3) is 0 Å². The van der Waals surface area contributed by atoms with Crippen LogP contribution in [0.15, 0.2) is 18.2 Å². The highest BCUT2D eigenvalue weighted by Crippen LogP contribution is 2.24. The van der Waals surface area contributed by atoms with Gasteiger partial charge in [-0.05, 0) is 44.9 Å². The van der Waals surface area contributed by atoms with Gasteiger partial charge in [0.05, 0.1) is 19.8 Å². The van der Waals surface area contributed by atoms with Gasteiger partial charge in [0.15, 0.2) is 0 Å². The molecule has 1 N–H and O–H groups in total. The van der Waals surface area contributed by atoms with Crippen molar-refractivity contribution in [2.75, 3.05) is 19.8 Å². The topological polar surface area (TPSA) is 65.0 Å². The second-order valence-corrected chi connectivity index (χ2v) is 7.01. The standard InChI is InChI=1S/C23H38O5/c1-3-27-21-15-16-22(24)20(18-21)19-26-17-13-11-9-7-5-6-8-10-12-14-23(25)28-4-2/h15-16,18,24H,3-14,17,19H2,1-2H3. The molecule has 0 aromatic heterocycles. The molecule has 0 bridgehead atoms. The summed E-state index contributed by atoms with van der Waals surface area (Å²) in [5, 5.41) is 9.87. The first-order valence-corrected chi connectivity index (χ1v) is 10.9. The summed E-state index contributed by atoms with van der Waals surface area (Å²) in [6.45, 7) is 6.00. The summed E-state index contributed by atoms with van der Waals surface area (Å²) in [6.07, 6.45) is 11.0. The van der Waals surface area contributed by atoms with E-state index >= 15 is 0 Å². The maximum absolute atomic E-state index is 11.2. The Morgan fingerprint density at radius 2 is 1.54 bits per heavy atom. The maximum atomic E-state index is 11.2. The van der Waals surface area contributed by atoms with E-state index in [0.717, 1.165) is 30.6 Å². The van der Waals surface area contributed by atoms with Crippen LogP contribution in [0.25, 0.3) is 0 Å². The third-order valence-corrected chi connectivity index (χ3v) is 4.59. The van der Waals surface area contributed by atoms with E-state index in [-0.39, 0.29) is 11.7 Å². The van der Waals surface area contributed by atoms with E-state index in [1.165, 1.54) is 38.5 Å². The molecule has 0 saturated heterocycles. The monoisotopic (exact) mass is 394 g/mol. The van der Waals surface area contributed by atoms with Crippen molar-refractivity contribution in [1.82, 2.24) is 0 Å². The molecule has 0 fully saturated rings. The number of esters is 1. The summed E-state index contributed by atoms with van der Waals surface area (Å²) in [4.78, 5) is 11.2. The molecule has 0 atom stereocenters. The largest absolute Gasteiger partial charge is 0.508 e. The number of rotatable bonds is 17. The molecule has 0 saturated carbocycles. The van der Waals surface area contributed by atoms with Crippen LogP contribution in [0.1, 0.15) is 83.6 Å². The van der Waals surface area contributed by atoms with Crippen LogP contribution < -0.4 is 4.74 Å². The molecule has 0 spiro atoms. The van der Waals surface area contributed by atoms with E-state index in [1.54, 1.807) is 12.1 Å². The number of unbranched alkanes of at least 4 members (excludes halogenated alkanes) is 8. The number of ether oxygens (including phenoxy) is 3. The van der Waals surface area contributed by atoms with Gasteiger partial charge in [0, 0.05) is 18.6 Å². The molecule has 0 amide bonds. The first kappa shape index (κ1) is 24.3. The molecule has 5 heteroatoms. The molecule has 0 aliphatic carbocycles. The molecule has 160 valence electrons. The number of benzene rings is 1. The molecule has 5 nitrogen and oxygen atoms in total. The van der Waals surface area contributed by atoms with E-state index in [2.05, 4.69) is 0 Å². The van der Waals surface area contributed by atoms with Crippen LogP contribution in [0.2, 0.25) is 0 Å². The van der Waals surface area contributed by atoms with Gasteiger partial charge >= 0.3 is 5.97 Å². The minimum Gasteiger partial charge on any atom is -0.508 e. The predicted octanol–water partition coefficient (Wildman–Crippen LogP) is 5.77. The highest BCUT2D eigenvalue weighted by molar-refractivity contribution is 5.69. The Hall–Kier alpha value is -1.75. The molecule has 1 rings (SSSR count). The molecule has 0 radical (unpaired) electrons. The quantitative estimate of drug-likeness (QED) is 0.268. The Bertz CT molecular complexity index is 530. The van der Waals surface area contributed by atoms with Crippen LogP contribution in [0.5, 0.6) is 11.5 Å². The van der Waals surface area contributed by atoms with Crippen LogP contribution in [0.4, 0.5) is 0 Å². The van der Waals surface area contributed by atoms with Gasteiger partial charge in [0.1, 0.15) is 11.5 Å². The Morgan fingerprint density at radius 1 is 0.893 bits per heavy atom. The zero-order valence-corrected chi connectivity index (χ0v) is 17.7. The Balaban J connectivity index is 1.92. The van der Waals surface area contributed by atoms with Crippen LogP contribution in [0, 0.1) is 0 Å². The van der Waals surface area contributed by atoms with E-state index in [1.807, 2.05) is 19.9 Å². The Kier molecular flexibility index (Phi) is 14.1. The zero-order valence-electron chi connectivity index (χ0n) is 17.7. The highest BCUT2D eigenvalue weighted by Gasteiger charge is 2.04. The number of hydrogen-bond donors (Lipinski definition) is 1. The number of carbonyl (C=O) groups excluding carboxylic acids is 1. The first-order chi connectivity index (χ1) is 13.7. The van der Waals surface area contributed by atoms with Crippen LogP contribution in [0.3, 0.4) is 0 Å². The maximum Gasteiger partial charge on any atom is 0.305 e. The highest BCUT2D eigenvalue weighted by atomic mass is 16.5. The van der Waals surface area contributed by atoms with Gasteiger partial charge in [-0.15, -0.1) is 0 Å². The molecule has 28 heavy (non-hydrogen) atoms. The van der Waals surface area contributed by atoms with E-state index < -0.39 is 0 Å². The molecule has 0 heterocycles. The van der Waals surface area contributed by atoms with Crippen molar-refractivity contribution in [3.05, 3.63) is 23.8 Å². The van der Waals surface area contributed by atoms with Gasteiger partial charge in [-0.1, -0.05) is 44.9 Å². The summed E-state index contributed by atoms with van der Waals surface area (Å²) < 4.78 is 16.1. The lowest BCUT2D eigenvalue weighted by molar-refractivity contribution is -0.143. The predicted molar refractivity (Wildman–Crippen MR) is 112 cm³/mol. The van der Waals surface area contributed by atoms with Gasteiger partial charge in [-0.2, -0.15) is 0 Å². The average molecular weight is 395 g/mol. The van der Waals surface area contributed by atoms with E-state index in [9.17, 15) is 9.90 Å². The summed E-state index contributed by atoms with van der Waals surface area (Å²) in [7, 11) is 0. The van der Waals surface area contributed by atoms with Gasteiger partial charge in [-0.3, -0.25) is 4.79 Å². The minimum absolute atomic E-state index is 0.0677. The third kappa shape index (κ3) is 11.9. The third-order valence-electron chi connectivity index (χ3n) is 4.59. The van der Waals surface area contributed by atoms with Crippen molar-refractivity contribution in [3.8, 4) is 11.5 Å². The molecular weight excluding hydrogens is 356 g/mol. The normalized spacial score (nSPS) is 10.8. The van der Waals surface area contributed by atoms with Crippen LogP contribution in [-0.4, -0.2) is 30.9 Å². The molecule has 1 aromatic carbocycles. The average Bonchev–Trinajstić information content (AvgIpc) is 2.68. The lowest BCUT2D eigenvalue weighted by Crippen LogP contribution is -2.03. The fourth-order valence-corrected chi connectivity index (χ4v) is 3.06. The summed E-state index contributed by atoms with van der Waals surface area (Å²) in [5.74, 6) is 0.951. The van der Waals surface area contributed by atoms with Crippen molar-refractivity contribution in [3.63, 3.8) is 0 Å². The zero-order chi connectivity index (χ0) is 20.5. The van der Waals surface area contributed by atoms with Gasteiger partial charge in [-0.25, -0.2) is 0 Å². The summed E-state index contributed by atoms with van der Waals surface area (Å²) in [6, 6.07) is 5.26. The summed E-state index contributed by atoms with van der Waals surface area (Å²) in [5.41, 5.74) is 0.772. The molecule has 0 aliphatic rings.